The van der Waals surface area contributed by atoms with Crippen LogP contribution in [-0.2, 0) is 4.79 Å². The van der Waals surface area contributed by atoms with Gasteiger partial charge in [-0.25, -0.2) is 9.07 Å². The number of fused-ring (bicyclic) bond motifs is 1. The van der Waals surface area contributed by atoms with Crippen molar-refractivity contribution in [2.24, 2.45) is 5.92 Å². The number of nitrogens with one attached hydrogen (secondary N) is 1. The molecule has 2 heterocycles. The van der Waals surface area contributed by atoms with Crippen LogP contribution in [0.4, 0.5) is 4.39 Å². The van der Waals surface area contributed by atoms with E-state index in [0.717, 1.165) is 23.7 Å². The van der Waals surface area contributed by atoms with Crippen LogP contribution in [0, 0.1) is 11.7 Å². The molecule has 3 aromatic rings. The minimum absolute atomic E-state index is 0.0837. The van der Waals surface area contributed by atoms with Crippen molar-refractivity contribution in [2.75, 3.05) is 24.8 Å². The van der Waals surface area contributed by atoms with E-state index in [4.69, 9.17) is 15.3 Å². The first kappa shape index (κ1) is 22.9. The van der Waals surface area contributed by atoms with Crippen LogP contribution in [0.2, 0.25) is 0 Å². The number of thioether (sulfide) groups is 1. The Balaban J connectivity index is 1.43. The van der Waals surface area contributed by atoms with Crippen molar-refractivity contribution in [1.82, 2.24) is 20.2 Å². The zero-order valence-corrected chi connectivity index (χ0v) is 19.3. The number of hydrogen-bond donors (Lipinski definition) is 2. The van der Waals surface area contributed by atoms with Gasteiger partial charge in [0.25, 0.3) is 0 Å². The minimum atomic E-state index is -0.444. The molecule has 3 N–H and O–H groups in total. The second-order valence-electron chi connectivity index (χ2n) is 7.99. The SMILES string of the molecule is CC(C)C(NC(=O)CSc1nnc(-c2ccccc2F)n1N)c1ccc2c(c1)OCCCO2. The Bertz CT molecular complexity index is 1140. The zero-order valence-electron chi connectivity index (χ0n) is 18.5. The van der Waals surface area contributed by atoms with Gasteiger partial charge in [0.15, 0.2) is 17.3 Å². The van der Waals surface area contributed by atoms with Crippen LogP contribution in [0.1, 0.15) is 31.9 Å². The quantitative estimate of drug-likeness (QED) is 0.401. The average Bonchev–Trinajstić information content (AvgIpc) is 3.01. The molecule has 0 saturated carbocycles. The Morgan fingerprint density at radius 3 is 2.70 bits per heavy atom. The van der Waals surface area contributed by atoms with Gasteiger partial charge in [0, 0.05) is 6.42 Å². The normalized spacial score (nSPS) is 14.1. The van der Waals surface area contributed by atoms with Gasteiger partial charge in [-0.1, -0.05) is 43.8 Å². The van der Waals surface area contributed by atoms with Crippen LogP contribution in [0.5, 0.6) is 11.5 Å². The maximum absolute atomic E-state index is 14.1. The van der Waals surface area contributed by atoms with E-state index in [-0.39, 0.29) is 35.0 Å². The highest BCUT2D eigenvalue weighted by molar-refractivity contribution is 7.99. The van der Waals surface area contributed by atoms with Crippen molar-refractivity contribution in [3.63, 3.8) is 0 Å². The van der Waals surface area contributed by atoms with E-state index in [2.05, 4.69) is 15.5 Å². The molecule has 1 aromatic heterocycles. The number of benzene rings is 2. The largest absolute Gasteiger partial charge is 0.490 e. The topological polar surface area (TPSA) is 104 Å². The fourth-order valence-corrected chi connectivity index (χ4v) is 4.22. The molecule has 0 radical (unpaired) electrons. The van der Waals surface area contributed by atoms with Crippen LogP contribution in [0.25, 0.3) is 11.4 Å². The van der Waals surface area contributed by atoms with Gasteiger partial charge < -0.3 is 20.6 Å². The van der Waals surface area contributed by atoms with Crippen LogP contribution in [-0.4, -0.2) is 39.7 Å². The van der Waals surface area contributed by atoms with E-state index in [1.165, 1.54) is 10.7 Å². The van der Waals surface area contributed by atoms with Gasteiger partial charge in [-0.3, -0.25) is 4.79 Å². The van der Waals surface area contributed by atoms with Gasteiger partial charge in [0.2, 0.25) is 11.1 Å². The predicted molar refractivity (Wildman–Crippen MR) is 124 cm³/mol. The van der Waals surface area contributed by atoms with Gasteiger partial charge >= 0.3 is 0 Å². The van der Waals surface area contributed by atoms with E-state index < -0.39 is 5.82 Å². The summed E-state index contributed by atoms with van der Waals surface area (Å²) in [4.78, 5) is 12.7. The Hall–Kier alpha value is -3.27. The Morgan fingerprint density at radius 1 is 1.18 bits per heavy atom. The van der Waals surface area contributed by atoms with Crippen molar-refractivity contribution >= 4 is 17.7 Å². The Kier molecular flexibility index (Phi) is 7.02. The summed E-state index contributed by atoms with van der Waals surface area (Å²) < 4.78 is 26.7. The van der Waals surface area contributed by atoms with Gasteiger partial charge in [0.1, 0.15) is 5.82 Å². The van der Waals surface area contributed by atoms with Crippen LogP contribution in [0.15, 0.2) is 47.6 Å². The smallest absolute Gasteiger partial charge is 0.230 e. The Morgan fingerprint density at radius 2 is 1.94 bits per heavy atom. The summed E-state index contributed by atoms with van der Waals surface area (Å²) in [6, 6.07) is 11.7. The van der Waals surface area contributed by atoms with Crippen LogP contribution < -0.4 is 20.6 Å². The third kappa shape index (κ3) is 5.22. The first-order valence-corrected chi connectivity index (χ1v) is 11.7. The van der Waals surface area contributed by atoms with Crippen molar-refractivity contribution in [2.45, 2.75) is 31.5 Å². The number of ether oxygens (including phenoxy) is 2. The van der Waals surface area contributed by atoms with E-state index in [1.54, 1.807) is 18.2 Å². The molecule has 4 rings (SSSR count). The standard InChI is InChI=1S/C23H26FN5O3S/c1-14(2)21(15-8-9-18-19(12-15)32-11-5-10-31-18)26-20(30)13-33-23-28-27-22(29(23)25)16-6-3-4-7-17(16)24/h3-4,6-9,12,14,21H,5,10-11,13,25H2,1-2H3,(H,26,30). The van der Waals surface area contributed by atoms with E-state index in [1.807, 2.05) is 32.0 Å². The molecule has 1 atom stereocenters. The van der Waals surface area contributed by atoms with E-state index in [9.17, 15) is 9.18 Å². The number of nitrogens with zero attached hydrogens (tertiary/aromatic N) is 3. The summed E-state index contributed by atoms with van der Waals surface area (Å²) >= 11 is 1.14. The monoisotopic (exact) mass is 471 g/mol. The van der Waals surface area contributed by atoms with E-state index >= 15 is 0 Å². The summed E-state index contributed by atoms with van der Waals surface area (Å²) in [5, 5.41) is 11.4. The van der Waals surface area contributed by atoms with E-state index in [0.29, 0.717) is 29.9 Å². The molecule has 0 bridgehead atoms. The van der Waals surface area contributed by atoms with Gasteiger partial charge in [-0.2, -0.15) is 0 Å². The molecule has 1 unspecified atom stereocenters. The second kappa shape index (κ2) is 10.1. The lowest BCUT2D eigenvalue weighted by molar-refractivity contribution is -0.119. The van der Waals surface area contributed by atoms with Crippen LogP contribution >= 0.6 is 11.8 Å². The number of hydrogen-bond acceptors (Lipinski definition) is 7. The maximum Gasteiger partial charge on any atom is 0.230 e. The Labute approximate surface area is 195 Å². The number of rotatable bonds is 7. The number of carbonyl (C=O) groups is 1. The number of halogens is 1. The molecule has 1 aliphatic rings. The molecule has 0 fully saturated rings. The molecular formula is C23H26FN5O3S. The van der Waals surface area contributed by atoms with Crippen molar-refractivity contribution in [3.8, 4) is 22.9 Å². The lowest BCUT2D eigenvalue weighted by Crippen LogP contribution is -2.33. The third-order valence-electron chi connectivity index (χ3n) is 5.23. The van der Waals surface area contributed by atoms with Crippen molar-refractivity contribution < 1.29 is 18.7 Å². The number of nitrogen functional groups attached to an aromatic ring is 1. The highest BCUT2D eigenvalue weighted by Crippen LogP contribution is 2.34. The summed E-state index contributed by atoms with van der Waals surface area (Å²) in [5.74, 6) is 7.27. The van der Waals surface area contributed by atoms with Crippen LogP contribution in [0.3, 0.4) is 0 Å². The number of carbonyl (C=O) groups excluding carboxylic acids is 1. The molecule has 2 aromatic carbocycles. The lowest BCUT2D eigenvalue weighted by atomic mass is 9.95. The summed E-state index contributed by atoms with van der Waals surface area (Å²) in [5.41, 5.74) is 1.19. The molecule has 0 saturated heterocycles. The predicted octanol–water partition coefficient (Wildman–Crippen LogP) is 3.56. The van der Waals surface area contributed by atoms with Crippen molar-refractivity contribution in [3.05, 3.63) is 53.8 Å². The average molecular weight is 472 g/mol. The third-order valence-corrected chi connectivity index (χ3v) is 6.17. The highest BCUT2D eigenvalue weighted by Gasteiger charge is 2.22. The summed E-state index contributed by atoms with van der Waals surface area (Å²) in [7, 11) is 0. The molecule has 1 aliphatic heterocycles. The summed E-state index contributed by atoms with van der Waals surface area (Å²) in [6.07, 6.45) is 0.829. The zero-order chi connectivity index (χ0) is 23.4. The fourth-order valence-electron chi connectivity index (χ4n) is 3.56. The molecule has 0 aliphatic carbocycles. The summed E-state index contributed by atoms with van der Waals surface area (Å²) in [6.45, 7) is 5.30. The van der Waals surface area contributed by atoms with Gasteiger partial charge in [-0.05, 0) is 35.7 Å². The molecule has 10 heteroatoms. The van der Waals surface area contributed by atoms with Gasteiger partial charge in [-0.15, -0.1) is 10.2 Å². The number of amides is 1. The minimum Gasteiger partial charge on any atom is -0.490 e. The van der Waals surface area contributed by atoms with Crippen molar-refractivity contribution in [1.29, 1.82) is 0 Å². The first-order chi connectivity index (χ1) is 15.9. The lowest BCUT2D eigenvalue weighted by Gasteiger charge is -2.23. The highest BCUT2D eigenvalue weighted by atomic mass is 32.2. The second-order valence-corrected chi connectivity index (χ2v) is 8.93. The molecule has 8 nitrogen and oxygen atoms in total. The number of nitrogens with two attached hydrogens (primary N) is 1. The molecule has 174 valence electrons. The molecular weight excluding hydrogens is 445 g/mol. The maximum atomic E-state index is 14.1. The number of aromatic nitrogens is 3. The van der Waals surface area contributed by atoms with Gasteiger partial charge in [0.05, 0.1) is 30.6 Å². The molecule has 0 spiro atoms. The molecule has 1 amide bonds. The fraction of sp³-hybridized carbons (Fsp3) is 0.348. The molecule has 33 heavy (non-hydrogen) atoms. The first-order valence-electron chi connectivity index (χ1n) is 10.7.